The molecular formula is C121H75N5O4. The molecule has 0 saturated heterocycles. The largest absolute Gasteiger partial charge is 0.456 e. The van der Waals surface area contributed by atoms with E-state index in [0.717, 1.165) is 133 Å². The van der Waals surface area contributed by atoms with E-state index in [1.54, 1.807) is 0 Å². The van der Waals surface area contributed by atoms with Crippen molar-refractivity contribution in [3.05, 3.63) is 442 Å². The second-order valence-electron chi connectivity index (χ2n) is 34.1. The molecule has 0 saturated carbocycles. The zero-order valence-corrected chi connectivity index (χ0v) is 70.4. The standard InChI is InChI=1S/C43H28N2O.C42H26N2O.C36H21NO2/c1-27-23-30(44-36-16-8-5-13-32(36)33-14-6-9-17-37(33)44)26-31(24-27)45-38-20-19-29(28-11-3-2-4-12-28)25-35(38)42-39(45)21-22-41-43(42)34-15-7-10-18-40(34)46-41;1-2-11-27(12-3-1)28-21-22-37-34(25-28)41-38(23-24-40-42(41)33-17-6-9-20-39(33)45-40)44(37)30-14-10-13-29(26-30)43-35-18-7-4-15-31(35)32-16-5-8-19-36(32)43;1-4-13-29-27(9-1)34-30(20-21-33-35(34)28-10-3-6-15-32(28)38-33)37(29)23-18-16-22(17-19-23)24-11-7-12-26-25-8-2-5-14-31(25)39-36(24)26/h2-26H,1H3;1-26H;1-21H. The Morgan fingerprint density at radius 3 is 0.915 bits per heavy atom. The lowest BCUT2D eigenvalue weighted by Gasteiger charge is -2.14. The molecule has 0 amide bonds. The molecule has 0 radical (unpaired) electrons. The van der Waals surface area contributed by atoms with Crippen molar-refractivity contribution in [3.8, 4) is 61.8 Å². The summed E-state index contributed by atoms with van der Waals surface area (Å²) in [6.45, 7) is 2.20. The van der Waals surface area contributed by atoms with Crippen molar-refractivity contribution in [2.24, 2.45) is 0 Å². The summed E-state index contributed by atoms with van der Waals surface area (Å²) in [6, 6.07) is 156. The number of fused-ring (bicyclic) bond motifs is 30. The Hall–Kier alpha value is -17.4. The zero-order chi connectivity index (χ0) is 85.3. The van der Waals surface area contributed by atoms with Gasteiger partial charge in [-0.05, 0) is 204 Å². The SMILES string of the molecule is Cc1cc(-n2c3ccccc3c3ccccc32)cc(-n2c3ccc(-c4ccccc4)cc3c3c4c(ccc32)oc2ccccc24)c1.c1ccc(-c2ccc3c(c2)c2c4c(ccc2n3-c2cccc(-n3c5ccccc5c5ccccc53)c2)oc2ccccc24)cc1.c1ccc2c(c1)oc1c(-c3ccc(-n4c5ccccc5c5c6c(ccc54)oc4ccccc46)cc3)cccc12. The van der Waals surface area contributed by atoms with Crippen molar-refractivity contribution >= 4 is 197 Å². The molecule has 9 aromatic heterocycles. The fraction of sp³-hybridized carbons (Fsp3) is 0.00826. The van der Waals surface area contributed by atoms with Gasteiger partial charge in [0.2, 0.25) is 0 Å². The molecule has 29 rings (SSSR count). The summed E-state index contributed by atoms with van der Waals surface area (Å²) in [5, 5.41) is 21.6. The van der Waals surface area contributed by atoms with Crippen LogP contribution < -0.4 is 0 Å². The van der Waals surface area contributed by atoms with Crippen LogP contribution in [0.1, 0.15) is 5.56 Å². The van der Waals surface area contributed by atoms with Gasteiger partial charge >= 0.3 is 0 Å². The van der Waals surface area contributed by atoms with E-state index >= 15 is 0 Å². The molecule has 0 spiro atoms. The lowest BCUT2D eigenvalue weighted by Crippen LogP contribution is -2.00. The molecule has 20 aromatic carbocycles. The third-order valence-corrected chi connectivity index (χ3v) is 26.8. The van der Waals surface area contributed by atoms with Crippen LogP contribution >= 0.6 is 0 Å². The van der Waals surface area contributed by atoms with Crippen molar-refractivity contribution in [1.29, 1.82) is 0 Å². The molecule has 130 heavy (non-hydrogen) atoms. The minimum absolute atomic E-state index is 0.909. The van der Waals surface area contributed by atoms with E-state index < -0.39 is 0 Å². The number of furan rings is 4. The predicted octanol–water partition coefficient (Wildman–Crippen LogP) is 33.5. The van der Waals surface area contributed by atoms with Crippen molar-refractivity contribution in [1.82, 2.24) is 22.8 Å². The van der Waals surface area contributed by atoms with Gasteiger partial charge in [0.1, 0.15) is 44.7 Å². The second-order valence-corrected chi connectivity index (χ2v) is 34.1. The van der Waals surface area contributed by atoms with Gasteiger partial charge in [0.05, 0.1) is 55.2 Å². The van der Waals surface area contributed by atoms with Gasteiger partial charge < -0.3 is 40.5 Å². The molecule has 0 atom stereocenters. The molecule has 0 bridgehead atoms. The summed E-state index contributed by atoms with van der Waals surface area (Å²) >= 11 is 0. The van der Waals surface area contributed by atoms with Crippen LogP contribution in [-0.2, 0) is 0 Å². The molecule has 0 fully saturated rings. The van der Waals surface area contributed by atoms with Gasteiger partial charge in [-0.1, -0.05) is 273 Å². The summed E-state index contributed by atoms with van der Waals surface area (Å²) in [4.78, 5) is 0. The van der Waals surface area contributed by atoms with Crippen LogP contribution in [0.5, 0.6) is 0 Å². The lowest BCUT2D eigenvalue weighted by molar-refractivity contribution is 0.669. The number of para-hydroxylation sites is 10. The molecule has 0 aliphatic heterocycles. The maximum Gasteiger partial charge on any atom is 0.143 e. The van der Waals surface area contributed by atoms with Gasteiger partial charge in [-0.2, -0.15) is 0 Å². The van der Waals surface area contributed by atoms with Crippen molar-refractivity contribution in [2.75, 3.05) is 0 Å². The van der Waals surface area contributed by atoms with Crippen LogP contribution in [0.25, 0.3) is 259 Å². The normalized spacial score (nSPS) is 12.0. The topological polar surface area (TPSA) is 77.2 Å². The fourth-order valence-electron chi connectivity index (χ4n) is 21.3. The van der Waals surface area contributed by atoms with Gasteiger partial charge in [-0.3, -0.25) is 0 Å². The number of aromatic nitrogens is 5. The highest BCUT2D eigenvalue weighted by atomic mass is 16.3. The molecule has 29 aromatic rings. The summed E-state index contributed by atoms with van der Waals surface area (Å²) in [7, 11) is 0. The lowest BCUT2D eigenvalue weighted by atomic mass is 10.0. The second kappa shape index (κ2) is 28.8. The molecule has 0 unspecified atom stereocenters. The monoisotopic (exact) mass is 1660 g/mol. The minimum Gasteiger partial charge on any atom is -0.456 e. The first kappa shape index (κ1) is 73.0. The van der Waals surface area contributed by atoms with Crippen molar-refractivity contribution in [3.63, 3.8) is 0 Å². The number of hydrogen-bond donors (Lipinski definition) is 0. The first-order valence-corrected chi connectivity index (χ1v) is 44.3. The minimum atomic E-state index is 0.909. The quantitative estimate of drug-likeness (QED) is 0.152. The molecule has 608 valence electrons. The molecule has 0 aliphatic rings. The number of hydrogen-bond acceptors (Lipinski definition) is 4. The third kappa shape index (κ3) is 11.2. The Balaban J connectivity index is 0.000000101. The zero-order valence-electron chi connectivity index (χ0n) is 70.4. The van der Waals surface area contributed by atoms with E-state index in [1.807, 2.05) is 36.4 Å². The maximum absolute atomic E-state index is 6.40. The van der Waals surface area contributed by atoms with Gasteiger partial charge in [0.15, 0.2) is 0 Å². The summed E-state index contributed by atoms with van der Waals surface area (Å²) in [5.74, 6) is 0. The molecular weight excluding hydrogens is 1590 g/mol. The van der Waals surface area contributed by atoms with E-state index in [-0.39, 0.29) is 0 Å². The van der Waals surface area contributed by atoms with Crippen LogP contribution in [0, 0.1) is 6.92 Å². The van der Waals surface area contributed by atoms with Crippen molar-refractivity contribution in [2.45, 2.75) is 6.92 Å². The fourth-order valence-corrected chi connectivity index (χ4v) is 21.3. The first-order chi connectivity index (χ1) is 64.4. The Morgan fingerprint density at radius 2 is 0.462 bits per heavy atom. The average Bonchev–Trinajstić information content (AvgIpc) is 1.56. The summed E-state index contributed by atoms with van der Waals surface area (Å²) in [5.41, 5.74) is 33.1. The Labute approximate surface area is 743 Å². The number of nitrogens with zero attached hydrogens (tertiary/aromatic N) is 5. The molecule has 9 heteroatoms. The van der Waals surface area contributed by atoms with E-state index in [1.165, 1.54) is 131 Å². The molecule has 9 heterocycles. The Bertz CT molecular complexity index is 9610. The molecule has 0 N–H and O–H groups in total. The van der Waals surface area contributed by atoms with Crippen LogP contribution in [0.3, 0.4) is 0 Å². The van der Waals surface area contributed by atoms with Gasteiger partial charge in [0.25, 0.3) is 0 Å². The van der Waals surface area contributed by atoms with E-state index in [9.17, 15) is 0 Å². The van der Waals surface area contributed by atoms with Gasteiger partial charge in [-0.15, -0.1) is 0 Å². The van der Waals surface area contributed by atoms with Crippen LogP contribution in [0.2, 0.25) is 0 Å². The van der Waals surface area contributed by atoms with Crippen LogP contribution in [-0.4, -0.2) is 22.8 Å². The summed E-state index contributed by atoms with van der Waals surface area (Å²) < 4.78 is 37.3. The van der Waals surface area contributed by atoms with Gasteiger partial charge in [-0.25, -0.2) is 0 Å². The molecule has 0 aliphatic carbocycles. The number of benzene rings is 20. The van der Waals surface area contributed by atoms with Crippen molar-refractivity contribution < 1.29 is 17.7 Å². The number of aryl methyl sites for hydroxylation is 1. The van der Waals surface area contributed by atoms with E-state index in [2.05, 4.69) is 430 Å². The third-order valence-electron chi connectivity index (χ3n) is 26.8. The van der Waals surface area contributed by atoms with E-state index in [0.29, 0.717) is 0 Å². The Morgan fingerprint density at radius 1 is 0.154 bits per heavy atom. The van der Waals surface area contributed by atoms with Gasteiger partial charge in [0, 0.05) is 131 Å². The van der Waals surface area contributed by atoms with E-state index in [4.69, 9.17) is 17.7 Å². The highest BCUT2D eigenvalue weighted by molar-refractivity contribution is 6.31. The highest BCUT2D eigenvalue weighted by Gasteiger charge is 2.26. The maximum atomic E-state index is 6.40. The first-order valence-electron chi connectivity index (χ1n) is 44.3. The number of rotatable bonds is 8. The smallest absolute Gasteiger partial charge is 0.143 e. The molecule has 9 nitrogen and oxygen atoms in total. The van der Waals surface area contributed by atoms with Crippen LogP contribution in [0.4, 0.5) is 0 Å². The Kier molecular flexibility index (Phi) is 16.2. The average molecular weight is 1660 g/mol. The van der Waals surface area contributed by atoms with Crippen LogP contribution in [0.15, 0.2) is 454 Å². The highest BCUT2D eigenvalue weighted by Crippen LogP contribution is 2.49. The summed E-state index contributed by atoms with van der Waals surface area (Å²) in [6.07, 6.45) is 0. The predicted molar refractivity (Wildman–Crippen MR) is 541 cm³/mol.